The van der Waals surface area contributed by atoms with E-state index >= 15 is 0 Å². The van der Waals surface area contributed by atoms with Crippen molar-refractivity contribution in [3.05, 3.63) is 6.20 Å². The van der Waals surface area contributed by atoms with Crippen LogP contribution in [-0.4, -0.2) is 57.9 Å². The van der Waals surface area contributed by atoms with Crippen molar-refractivity contribution in [2.24, 2.45) is 7.05 Å². The smallest absolute Gasteiger partial charge is 0.229 e. The van der Waals surface area contributed by atoms with Crippen LogP contribution in [0.5, 0.6) is 0 Å². The molecule has 0 aliphatic carbocycles. The molecule has 18 heavy (non-hydrogen) atoms. The van der Waals surface area contributed by atoms with Gasteiger partial charge >= 0.3 is 0 Å². The molecule has 0 bridgehead atoms. The summed E-state index contributed by atoms with van der Waals surface area (Å²) in [5.74, 6) is 1.21. The summed E-state index contributed by atoms with van der Waals surface area (Å²) in [7, 11) is 3.99. The molecular weight excluding hydrogens is 230 g/mol. The third kappa shape index (κ3) is 1.76. The summed E-state index contributed by atoms with van der Waals surface area (Å²) in [4.78, 5) is 13.4. The molecule has 3 rings (SSSR count). The number of hydrogen-bond acceptors (Lipinski definition) is 6. The van der Waals surface area contributed by atoms with Gasteiger partial charge in [-0.15, -0.1) is 0 Å². The highest BCUT2D eigenvalue weighted by molar-refractivity contribution is 5.86. The highest BCUT2D eigenvalue weighted by Gasteiger charge is 2.18. The summed E-state index contributed by atoms with van der Waals surface area (Å²) in [5.41, 5.74) is 6.75. The van der Waals surface area contributed by atoms with E-state index in [4.69, 9.17) is 5.73 Å². The monoisotopic (exact) mass is 247 g/mol. The summed E-state index contributed by atoms with van der Waals surface area (Å²) in [6.07, 6.45) is 1.71. The van der Waals surface area contributed by atoms with Crippen molar-refractivity contribution < 1.29 is 0 Å². The Balaban J connectivity index is 1.99. The highest BCUT2D eigenvalue weighted by Crippen LogP contribution is 2.21. The Bertz CT molecular complexity index is 568. The van der Waals surface area contributed by atoms with Crippen LogP contribution in [0, 0.1) is 0 Å². The lowest BCUT2D eigenvalue weighted by atomic mass is 10.3. The van der Waals surface area contributed by atoms with Gasteiger partial charge in [0.1, 0.15) is 5.82 Å². The Morgan fingerprint density at radius 3 is 2.56 bits per heavy atom. The van der Waals surface area contributed by atoms with Crippen LogP contribution >= 0.6 is 0 Å². The molecule has 0 saturated carbocycles. The molecule has 0 spiro atoms. The molecule has 1 saturated heterocycles. The van der Waals surface area contributed by atoms with Crippen LogP contribution in [0.2, 0.25) is 0 Å². The molecular formula is C11H17N7. The normalized spacial score (nSPS) is 17.6. The number of nitrogens with zero attached hydrogens (tertiary/aromatic N) is 6. The van der Waals surface area contributed by atoms with Crippen LogP contribution in [0.15, 0.2) is 6.20 Å². The topological polar surface area (TPSA) is 76.1 Å². The van der Waals surface area contributed by atoms with E-state index in [0.717, 1.165) is 37.2 Å². The molecule has 3 heterocycles. The third-order valence-corrected chi connectivity index (χ3v) is 3.40. The predicted molar refractivity (Wildman–Crippen MR) is 70.4 cm³/mol. The van der Waals surface area contributed by atoms with Gasteiger partial charge in [0.25, 0.3) is 0 Å². The number of fused-ring (bicyclic) bond motifs is 1. The molecule has 2 aromatic rings. The highest BCUT2D eigenvalue weighted by atomic mass is 15.3. The third-order valence-electron chi connectivity index (χ3n) is 3.40. The molecule has 96 valence electrons. The number of aromatic nitrogens is 4. The predicted octanol–water partition coefficient (Wildman–Crippen LogP) is -0.303. The molecule has 1 aliphatic heterocycles. The van der Waals surface area contributed by atoms with Gasteiger partial charge in [0.05, 0.1) is 11.6 Å². The second-order valence-electron chi connectivity index (χ2n) is 4.70. The van der Waals surface area contributed by atoms with Crippen molar-refractivity contribution >= 4 is 22.8 Å². The molecule has 0 radical (unpaired) electrons. The number of rotatable bonds is 1. The Labute approximate surface area is 105 Å². The van der Waals surface area contributed by atoms with E-state index in [1.807, 2.05) is 7.05 Å². The van der Waals surface area contributed by atoms with Gasteiger partial charge in [-0.3, -0.25) is 4.68 Å². The van der Waals surface area contributed by atoms with Crippen LogP contribution in [0.4, 0.5) is 11.8 Å². The molecule has 7 heteroatoms. The Morgan fingerprint density at radius 1 is 1.11 bits per heavy atom. The van der Waals surface area contributed by atoms with Gasteiger partial charge in [-0.1, -0.05) is 0 Å². The minimum Gasteiger partial charge on any atom is -0.383 e. The number of hydrogen-bond donors (Lipinski definition) is 1. The quantitative estimate of drug-likeness (QED) is 0.745. The average molecular weight is 247 g/mol. The average Bonchev–Trinajstić information content (AvgIpc) is 2.73. The molecule has 0 amide bonds. The molecule has 1 aliphatic rings. The van der Waals surface area contributed by atoms with Gasteiger partial charge in [0.15, 0.2) is 5.65 Å². The summed E-state index contributed by atoms with van der Waals surface area (Å²) >= 11 is 0. The van der Waals surface area contributed by atoms with E-state index in [2.05, 4.69) is 31.9 Å². The second-order valence-corrected chi connectivity index (χ2v) is 4.70. The van der Waals surface area contributed by atoms with Crippen LogP contribution < -0.4 is 10.6 Å². The van der Waals surface area contributed by atoms with E-state index in [1.54, 1.807) is 10.9 Å². The first kappa shape index (κ1) is 11.2. The lowest BCUT2D eigenvalue weighted by Crippen LogP contribution is -2.45. The molecule has 2 aromatic heterocycles. The summed E-state index contributed by atoms with van der Waals surface area (Å²) < 4.78 is 1.73. The fourth-order valence-electron chi connectivity index (χ4n) is 2.18. The summed E-state index contributed by atoms with van der Waals surface area (Å²) in [5, 5.41) is 4.98. The van der Waals surface area contributed by atoms with E-state index in [0.29, 0.717) is 11.8 Å². The van der Waals surface area contributed by atoms with E-state index in [1.165, 1.54) is 0 Å². The van der Waals surface area contributed by atoms with Crippen molar-refractivity contribution in [1.82, 2.24) is 24.6 Å². The lowest BCUT2D eigenvalue weighted by molar-refractivity contribution is 0.311. The maximum Gasteiger partial charge on any atom is 0.229 e. The number of likely N-dealkylation sites (N-methyl/N-ethyl adjacent to an activating group) is 1. The van der Waals surface area contributed by atoms with Gasteiger partial charge in [-0.05, 0) is 7.05 Å². The van der Waals surface area contributed by atoms with E-state index < -0.39 is 0 Å². The van der Waals surface area contributed by atoms with Crippen molar-refractivity contribution in [1.29, 1.82) is 0 Å². The van der Waals surface area contributed by atoms with Crippen molar-refractivity contribution in [3.8, 4) is 0 Å². The van der Waals surface area contributed by atoms with Crippen LogP contribution in [0.1, 0.15) is 0 Å². The SMILES string of the molecule is CN1CCN(c2nc(N)c3cnn(C)c3n2)CC1. The summed E-state index contributed by atoms with van der Waals surface area (Å²) in [6, 6.07) is 0. The molecule has 0 unspecified atom stereocenters. The Kier molecular flexibility index (Phi) is 2.55. The van der Waals surface area contributed by atoms with Crippen LogP contribution in [0.25, 0.3) is 11.0 Å². The first-order chi connectivity index (χ1) is 8.65. The van der Waals surface area contributed by atoms with Gasteiger partial charge in [-0.2, -0.15) is 15.1 Å². The first-order valence-corrected chi connectivity index (χ1v) is 6.04. The van der Waals surface area contributed by atoms with E-state index in [-0.39, 0.29) is 0 Å². The number of nitrogen functional groups attached to an aromatic ring is 1. The Hall–Kier alpha value is -1.89. The summed E-state index contributed by atoms with van der Waals surface area (Å²) in [6.45, 7) is 3.90. The fourth-order valence-corrected chi connectivity index (χ4v) is 2.18. The van der Waals surface area contributed by atoms with Gasteiger partial charge in [0, 0.05) is 33.2 Å². The van der Waals surface area contributed by atoms with Crippen molar-refractivity contribution in [2.45, 2.75) is 0 Å². The fraction of sp³-hybridized carbons (Fsp3) is 0.545. The molecule has 7 nitrogen and oxygen atoms in total. The largest absolute Gasteiger partial charge is 0.383 e. The van der Waals surface area contributed by atoms with E-state index in [9.17, 15) is 0 Å². The maximum absolute atomic E-state index is 5.96. The minimum absolute atomic E-state index is 0.502. The molecule has 2 N–H and O–H groups in total. The Morgan fingerprint density at radius 2 is 1.83 bits per heavy atom. The van der Waals surface area contributed by atoms with Gasteiger partial charge in [0.2, 0.25) is 5.95 Å². The maximum atomic E-state index is 5.96. The molecule has 1 fully saturated rings. The standard InChI is InChI=1S/C11H17N7/c1-16-3-5-18(6-4-16)11-14-9(12)8-7-13-17(2)10(8)15-11/h7H,3-6H2,1-2H3,(H2,12,14,15). The van der Waals surface area contributed by atoms with Crippen molar-refractivity contribution in [2.75, 3.05) is 43.9 Å². The van der Waals surface area contributed by atoms with Crippen LogP contribution in [0.3, 0.4) is 0 Å². The zero-order valence-electron chi connectivity index (χ0n) is 10.7. The number of anilines is 2. The first-order valence-electron chi connectivity index (χ1n) is 6.04. The van der Waals surface area contributed by atoms with Crippen molar-refractivity contribution in [3.63, 3.8) is 0 Å². The number of aryl methyl sites for hydroxylation is 1. The second kappa shape index (κ2) is 4.09. The van der Waals surface area contributed by atoms with Gasteiger partial charge in [-0.25, -0.2) is 0 Å². The number of nitrogens with two attached hydrogens (primary N) is 1. The van der Waals surface area contributed by atoms with Crippen LogP contribution in [-0.2, 0) is 7.05 Å². The molecule has 0 aromatic carbocycles. The minimum atomic E-state index is 0.502. The van der Waals surface area contributed by atoms with Gasteiger partial charge < -0.3 is 15.5 Å². The lowest BCUT2D eigenvalue weighted by Gasteiger charge is -2.32. The zero-order chi connectivity index (χ0) is 12.7. The number of piperazine rings is 1. The zero-order valence-corrected chi connectivity index (χ0v) is 10.7. The molecule has 0 atom stereocenters.